The van der Waals surface area contributed by atoms with Crippen molar-refractivity contribution in [2.75, 3.05) is 0 Å². The zero-order valence-corrected chi connectivity index (χ0v) is 21.6. The molecule has 0 aliphatic rings. The molecule has 0 saturated heterocycles. The van der Waals surface area contributed by atoms with Gasteiger partial charge < -0.3 is 4.57 Å². The van der Waals surface area contributed by atoms with E-state index in [4.69, 9.17) is 4.98 Å². The maximum absolute atomic E-state index is 5.31. The molecule has 0 bridgehead atoms. The highest BCUT2D eigenvalue weighted by atomic mass is 15.1. The van der Waals surface area contributed by atoms with Gasteiger partial charge in [0.2, 0.25) is 0 Å². The maximum atomic E-state index is 5.31. The smallest absolute Gasteiger partial charge is 0.146 e. The molecule has 9 rings (SSSR count). The molecule has 0 amide bonds. The molecule has 3 nitrogen and oxygen atoms in total. The summed E-state index contributed by atoms with van der Waals surface area (Å²) in [5.74, 6) is 0.960. The van der Waals surface area contributed by atoms with E-state index in [9.17, 15) is 0 Å². The molecule has 0 spiro atoms. The highest BCUT2D eigenvalue weighted by molar-refractivity contribution is 6.20. The Labute approximate surface area is 230 Å². The molecule has 186 valence electrons. The molecule has 40 heavy (non-hydrogen) atoms. The second-order valence-electron chi connectivity index (χ2n) is 10.4. The van der Waals surface area contributed by atoms with Crippen LogP contribution in [0.2, 0.25) is 0 Å². The normalized spacial score (nSPS) is 12.0. The van der Waals surface area contributed by atoms with Gasteiger partial charge in [-0.05, 0) is 47.9 Å². The van der Waals surface area contributed by atoms with Crippen molar-refractivity contribution in [1.29, 1.82) is 0 Å². The molecule has 0 unspecified atom stereocenters. The molecule has 0 atom stereocenters. The predicted octanol–water partition coefficient (Wildman–Crippen LogP) is 9.58. The summed E-state index contributed by atoms with van der Waals surface area (Å²) in [6.07, 6.45) is 0. The van der Waals surface area contributed by atoms with E-state index < -0.39 is 0 Å². The summed E-state index contributed by atoms with van der Waals surface area (Å²) < 4.78 is 4.75. The molecular formula is C37H23N3. The van der Waals surface area contributed by atoms with Gasteiger partial charge in [0, 0.05) is 38.0 Å². The molecule has 6 aromatic carbocycles. The molecule has 0 N–H and O–H groups in total. The number of hydrogen-bond acceptors (Lipinski definition) is 1. The molecule has 3 heteroatoms. The minimum atomic E-state index is 0.960. The Balaban J connectivity index is 1.50. The van der Waals surface area contributed by atoms with Crippen LogP contribution in [0.3, 0.4) is 0 Å². The van der Waals surface area contributed by atoms with Gasteiger partial charge in [0.15, 0.2) is 0 Å². The van der Waals surface area contributed by atoms with Gasteiger partial charge in [-0.25, -0.2) is 4.98 Å². The van der Waals surface area contributed by atoms with E-state index in [0.717, 1.165) is 33.4 Å². The van der Waals surface area contributed by atoms with E-state index in [2.05, 4.69) is 149 Å². The molecule has 0 aliphatic carbocycles. The van der Waals surface area contributed by atoms with Crippen molar-refractivity contribution in [3.8, 4) is 11.5 Å². The van der Waals surface area contributed by atoms with Crippen molar-refractivity contribution < 1.29 is 0 Å². The van der Waals surface area contributed by atoms with Gasteiger partial charge in [-0.1, -0.05) is 97.1 Å². The summed E-state index contributed by atoms with van der Waals surface area (Å²) in [5.41, 5.74) is 6.87. The van der Waals surface area contributed by atoms with Gasteiger partial charge in [-0.3, -0.25) is 4.57 Å². The van der Waals surface area contributed by atoms with Gasteiger partial charge in [0.05, 0.1) is 27.6 Å². The fourth-order valence-electron chi connectivity index (χ4n) is 6.57. The highest BCUT2D eigenvalue weighted by Crippen LogP contribution is 2.40. The van der Waals surface area contributed by atoms with Crippen molar-refractivity contribution >= 4 is 65.3 Å². The first-order chi connectivity index (χ1) is 19.9. The zero-order valence-electron chi connectivity index (χ0n) is 21.6. The maximum Gasteiger partial charge on any atom is 0.146 e. The van der Waals surface area contributed by atoms with E-state index in [-0.39, 0.29) is 0 Å². The quantitative estimate of drug-likeness (QED) is 0.213. The van der Waals surface area contributed by atoms with Crippen LogP contribution in [-0.2, 0) is 0 Å². The Morgan fingerprint density at radius 2 is 0.875 bits per heavy atom. The Kier molecular flexibility index (Phi) is 4.33. The molecule has 3 aromatic heterocycles. The standard InChI is InChI=1S/C37H23N3/c1-2-12-24(13-3-1)39-33-20-10-7-16-27(33)30-22-31-28-17-8-11-21-34(28)40(36(31)23-35(30)39)37-29-18-5-4-14-25(29)26-15-6-9-19-32(26)38-37/h1-23H. The molecule has 0 radical (unpaired) electrons. The Morgan fingerprint density at radius 1 is 0.350 bits per heavy atom. The van der Waals surface area contributed by atoms with E-state index in [1.165, 1.54) is 43.4 Å². The lowest BCUT2D eigenvalue weighted by Gasteiger charge is -2.13. The molecule has 3 heterocycles. The lowest BCUT2D eigenvalue weighted by molar-refractivity contribution is 1.12. The number of rotatable bonds is 2. The Bertz CT molecular complexity index is 2430. The van der Waals surface area contributed by atoms with Gasteiger partial charge in [-0.2, -0.15) is 0 Å². The van der Waals surface area contributed by atoms with Crippen molar-refractivity contribution in [3.63, 3.8) is 0 Å². The number of aromatic nitrogens is 3. The highest BCUT2D eigenvalue weighted by Gasteiger charge is 2.20. The van der Waals surface area contributed by atoms with Crippen molar-refractivity contribution in [3.05, 3.63) is 140 Å². The number of fused-ring (bicyclic) bond motifs is 9. The topological polar surface area (TPSA) is 22.8 Å². The van der Waals surface area contributed by atoms with Crippen LogP contribution in [0.5, 0.6) is 0 Å². The third-order valence-corrected chi connectivity index (χ3v) is 8.28. The first-order valence-electron chi connectivity index (χ1n) is 13.7. The Morgan fingerprint density at radius 3 is 1.60 bits per heavy atom. The molecule has 0 aliphatic heterocycles. The third-order valence-electron chi connectivity index (χ3n) is 8.28. The summed E-state index contributed by atoms with van der Waals surface area (Å²) in [4.78, 5) is 5.31. The van der Waals surface area contributed by atoms with Gasteiger partial charge in [-0.15, -0.1) is 0 Å². The van der Waals surface area contributed by atoms with Crippen LogP contribution in [0.15, 0.2) is 140 Å². The van der Waals surface area contributed by atoms with Crippen molar-refractivity contribution in [1.82, 2.24) is 14.1 Å². The fraction of sp³-hybridized carbons (Fsp3) is 0. The van der Waals surface area contributed by atoms with E-state index in [1.54, 1.807) is 0 Å². The van der Waals surface area contributed by atoms with Gasteiger partial charge in [0.25, 0.3) is 0 Å². The molecule has 0 saturated carbocycles. The van der Waals surface area contributed by atoms with Crippen LogP contribution in [0.1, 0.15) is 0 Å². The summed E-state index contributed by atoms with van der Waals surface area (Å²) in [6.45, 7) is 0. The van der Waals surface area contributed by atoms with E-state index in [1.807, 2.05) is 0 Å². The second kappa shape index (κ2) is 8.05. The minimum absolute atomic E-state index is 0.960. The second-order valence-corrected chi connectivity index (χ2v) is 10.4. The SMILES string of the molecule is c1ccc(-n2c3ccccc3c3cc4c5ccccc5n(-c5nc6ccccc6c6ccccc56)c4cc32)cc1. The van der Waals surface area contributed by atoms with Gasteiger partial charge >= 0.3 is 0 Å². The lowest BCUT2D eigenvalue weighted by atomic mass is 10.1. The van der Waals surface area contributed by atoms with Crippen LogP contribution >= 0.6 is 0 Å². The predicted molar refractivity (Wildman–Crippen MR) is 168 cm³/mol. The monoisotopic (exact) mass is 509 g/mol. The molecular weight excluding hydrogens is 486 g/mol. The van der Waals surface area contributed by atoms with E-state index >= 15 is 0 Å². The average Bonchev–Trinajstić information content (AvgIpc) is 3.52. The fourth-order valence-corrected chi connectivity index (χ4v) is 6.57. The molecule has 9 aromatic rings. The Hall–Kier alpha value is -5.41. The summed E-state index contributed by atoms with van der Waals surface area (Å²) >= 11 is 0. The summed E-state index contributed by atoms with van der Waals surface area (Å²) in [5, 5.41) is 8.52. The van der Waals surface area contributed by atoms with Crippen LogP contribution in [-0.4, -0.2) is 14.1 Å². The number of nitrogens with zero attached hydrogens (tertiary/aromatic N) is 3. The summed E-state index contributed by atoms with van der Waals surface area (Å²) in [7, 11) is 0. The number of benzene rings is 6. The minimum Gasteiger partial charge on any atom is -0.309 e. The van der Waals surface area contributed by atoms with Crippen molar-refractivity contribution in [2.24, 2.45) is 0 Å². The van der Waals surface area contributed by atoms with Gasteiger partial charge in [0.1, 0.15) is 5.82 Å². The third kappa shape index (κ3) is 2.86. The first kappa shape index (κ1) is 21.5. The molecule has 0 fully saturated rings. The summed E-state index contributed by atoms with van der Waals surface area (Å²) in [6, 6.07) is 49.9. The van der Waals surface area contributed by atoms with Crippen molar-refractivity contribution in [2.45, 2.75) is 0 Å². The number of pyridine rings is 1. The lowest BCUT2D eigenvalue weighted by Crippen LogP contribution is -2.00. The average molecular weight is 510 g/mol. The number of para-hydroxylation sites is 4. The van der Waals surface area contributed by atoms with Crippen LogP contribution < -0.4 is 0 Å². The van der Waals surface area contributed by atoms with Crippen LogP contribution in [0.25, 0.3) is 76.8 Å². The van der Waals surface area contributed by atoms with E-state index in [0.29, 0.717) is 0 Å². The van der Waals surface area contributed by atoms with Crippen LogP contribution in [0, 0.1) is 0 Å². The van der Waals surface area contributed by atoms with Crippen LogP contribution in [0.4, 0.5) is 0 Å². The largest absolute Gasteiger partial charge is 0.309 e. The first-order valence-corrected chi connectivity index (χ1v) is 13.7. The zero-order chi connectivity index (χ0) is 26.2. The number of hydrogen-bond donors (Lipinski definition) is 0.